The van der Waals surface area contributed by atoms with Crippen LogP contribution in [-0.4, -0.2) is 10.2 Å². The Hall–Kier alpha value is -0.510. The van der Waals surface area contributed by atoms with E-state index in [0.29, 0.717) is 5.33 Å². The summed E-state index contributed by atoms with van der Waals surface area (Å²) in [5.74, 6) is -0.542. The van der Waals surface area contributed by atoms with E-state index in [1.165, 1.54) is 6.07 Å². The normalized spacial score (nSPS) is 9.56. The van der Waals surface area contributed by atoms with Gasteiger partial charge in [0, 0.05) is 5.33 Å². The Morgan fingerprint density at radius 1 is 1.44 bits per heavy atom. The first-order valence-electron chi connectivity index (χ1n) is 2.37. The number of hydrogen-bond acceptors (Lipinski definition) is 2. The zero-order chi connectivity index (χ0) is 6.69. The average Bonchev–Trinajstić information content (AvgIpc) is 1.90. The highest BCUT2D eigenvalue weighted by atomic mass is 79.9. The molecular formula is C5H4BrFN2. The van der Waals surface area contributed by atoms with Crippen LogP contribution in [0.4, 0.5) is 4.39 Å². The third-order valence-electron chi connectivity index (χ3n) is 0.824. The summed E-state index contributed by atoms with van der Waals surface area (Å²) in [6.45, 7) is 0. The molecular weight excluding hydrogens is 187 g/mol. The van der Waals surface area contributed by atoms with Crippen LogP contribution in [0, 0.1) is 5.95 Å². The topological polar surface area (TPSA) is 25.8 Å². The van der Waals surface area contributed by atoms with Crippen LogP contribution in [-0.2, 0) is 5.33 Å². The molecule has 0 atom stereocenters. The molecule has 0 amide bonds. The quantitative estimate of drug-likeness (QED) is 0.628. The largest absolute Gasteiger partial charge is 0.233 e. The van der Waals surface area contributed by atoms with Crippen LogP contribution in [0.15, 0.2) is 12.1 Å². The Morgan fingerprint density at radius 2 is 2.22 bits per heavy atom. The molecule has 1 aromatic heterocycles. The lowest BCUT2D eigenvalue weighted by atomic mass is 10.4. The molecule has 0 aliphatic carbocycles. The van der Waals surface area contributed by atoms with Crippen LogP contribution >= 0.6 is 15.9 Å². The van der Waals surface area contributed by atoms with Gasteiger partial charge in [-0.05, 0) is 12.1 Å². The van der Waals surface area contributed by atoms with E-state index in [2.05, 4.69) is 26.1 Å². The average molecular weight is 191 g/mol. The summed E-state index contributed by atoms with van der Waals surface area (Å²) in [6.07, 6.45) is 0. The Labute approximate surface area is 60.2 Å². The van der Waals surface area contributed by atoms with Crippen molar-refractivity contribution in [2.24, 2.45) is 0 Å². The van der Waals surface area contributed by atoms with E-state index in [4.69, 9.17) is 0 Å². The fourth-order valence-corrected chi connectivity index (χ4v) is 0.714. The Morgan fingerprint density at radius 3 is 2.67 bits per heavy atom. The molecule has 1 rings (SSSR count). The number of rotatable bonds is 1. The fraction of sp³-hybridized carbons (Fsp3) is 0.200. The Kier molecular flexibility index (Phi) is 2.10. The summed E-state index contributed by atoms with van der Waals surface area (Å²) in [7, 11) is 0. The van der Waals surface area contributed by atoms with Gasteiger partial charge in [0.05, 0.1) is 5.69 Å². The summed E-state index contributed by atoms with van der Waals surface area (Å²) >= 11 is 3.16. The van der Waals surface area contributed by atoms with Crippen molar-refractivity contribution in [3.8, 4) is 0 Å². The summed E-state index contributed by atoms with van der Waals surface area (Å²) in [4.78, 5) is 0. The molecule has 4 heteroatoms. The van der Waals surface area contributed by atoms with Gasteiger partial charge in [-0.25, -0.2) is 0 Å². The molecule has 0 aliphatic rings. The summed E-state index contributed by atoms with van der Waals surface area (Å²) in [5.41, 5.74) is 0.733. The molecule has 0 aliphatic heterocycles. The number of alkyl halides is 1. The second kappa shape index (κ2) is 2.87. The lowest BCUT2D eigenvalue weighted by Crippen LogP contribution is -1.90. The highest BCUT2D eigenvalue weighted by Gasteiger charge is 1.91. The van der Waals surface area contributed by atoms with E-state index < -0.39 is 5.95 Å². The molecule has 48 valence electrons. The summed E-state index contributed by atoms with van der Waals surface area (Å²) in [6, 6.07) is 2.86. The molecule has 0 bridgehead atoms. The third kappa shape index (κ3) is 1.71. The van der Waals surface area contributed by atoms with Gasteiger partial charge in [-0.1, -0.05) is 15.9 Å². The first-order chi connectivity index (χ1) is 4.33. The van der Waals surface area contributed by atoms with Gasteiger partial charge in [0.1, 0.15) is 0 Å². The predicted molar refractivity (Wildman–Crippen MR) is 34.6 cm³/mol. The number of halogens is 2. The van der Waals surface area contributed by atoms with Gasteiger partial charge in [0.15, 0.2) is 0 Å². The van der Waals surface area contributed by atoms with Gasteiger partial charge >= 0.3 is 0 Å². The first-order valence-corrected chi connectivity index (χ1v) is 3.49. The highest BCUT2D eigenvalue weighted by Crippen LogP contribution is 1.99. The van der Waals surface area contributed by atoms with Crippen LogP contribution in [0.2, 0.25) is 0 Å². The number of hydrogen-bond donors (Lipinski definition) is 0. The minimum Gasteiger partial charge on any atom is -0.183 e. The zero-order valence-corrected chi connectivity index (χ0v) is 6.10. The minimum absolute atomic E-state index is 0.542. The maximum atomic E-state index is 12.0. The van der Waals surface area contributed by atoms with Crippen molar-refractivity contribution in [2.75, 3.05) is 0 Å². The van der Waals surface area contributed by atoms with E-state index in [-0.39, 0.29) is 0 Å². The van der Waals surface area contributed by atoms with E-state index in [1.54, 1.807) is 6.07 Å². The van der Waals surface area contributed by atoms with Crippen molar-refractivity contribution in [3.63, 3.8) is 0 Å². The molecule has 1 heterocycles. The van der Waals surface area contributed by atoms with Crippen LogP contribution < -0.4 is 0 Å². The highest BCUT2D eigenvalue weighted by molar-refractivity contribution is 9.08. The third-order valence-corrected chi connectivity index (χ3v) is 1.40. The minimum atomic E-state index is -0.542. The van der Waals surface area contributed by atoms with Gasteiger partial charge < -0.3 is 0 Å². The van der Waals surface area contributed by atoms with Crippen molar-refractivity contribution in [2.45, 2.75) is 5.33 Å². The monoisotopic (exact) mass is 190 g/mol. The molecule has 0 unspecified atom stereocenters. The second-order valence-corrected chi connectivity index (χ2v) is 2.04. The van der Waals surface area contributed by atoms with E-state index in [1.807, 2.05) is 0 Å². The predicted octanol–water partition coefficient (Wildman–Crippen LogP) is 1.51. The maximum absolute atomic E-state index is 12.0. The molecule has 0 N–H and O–H groups in total. The Balaban J connectivity index is 2.88. The smallest absolute Gasteiger partial charge is 0.183 e. The lowest BCUT2D eigenvalue weighted by molar-refractivity contribution is 0.560. The fourth-order valence-electron chi connectivity index (χ4n) is 0.415. The van der Waals surface area contributed by atoms with Crippen molar-refractivity contribution < 1.29 is 4.39 Å². The second-order valence-electron chi connectivity index (χ2n) is 1.48. The Bertz CT molecular complexity index is 187. The molecule has 0 saturated heterocycles. The molecule has 0 aromatic carbocycles. The van der Waals surface area contributed by atoms with E-state index in [9.17, 15) is 4.39 Å². The SMILES string of the molecule is Fc1ccc(CBr)nn1. The standard InChI is InChI=1S/C5H4BrFN2/c6-3-4-1-2-5(7)9-8-4/h1-2H,3H2. The molecule has 0 spiro atoms. The summed E-state index contributed by atoms with van der Waals surface area (Å²) in [5, 5.41) is 7.34. The first kappa shape index (κ1) is 6.61. The van der Waals surface area contributed by atoms with Gasteiger partial charge in [-0.3, -0.25) is 0 Å². The van der Waals surface area contributed by atoms with Crippen LogP contribution in [0.5, 0.6) is 0 Å². The van der Waals surface area contributed by atoms with Crippen LogP contribution in [0.1, 0.15) is 5.69 Å². The van der Waals surface area contributed by atoms with Crippen LogP contribution in [0.25, 0.3) is 0 Å². The van der Waals surface area contributed by atoms with E-state index in [0.717, 1.165) is 5.69 Å². The van der Waals surface area contributed by atoms with Gasteiger partial charge in [0.2, 0.25) is 5.95 Å². The van der Waals surface area contributed by atoms with Gasteiger partial charge in [0.25, 0.3) is 0 Å². The van der Waals surface area contributed by atoms with Crippen molar-refractivity contribution in [1.82, 2.24) is 10.2 Å². The molecule has 0 fully saturated rings. The molecule has 9 heavy (non-hydrogen) atoms. The lowest BCUT2D eigenvalue weighted by Gasteiger charge is -1.88. The number of nitrogens with zero attached hydrogens (tertiary/aromatic N) is 2. The van der Waals surface area contributed by atoms with Crippen molar-refractivity contribution in [1.29, 1.82) is 0 Å². The maximum Gasteiger partial charge on any atom is 0.233 e. The molecule has 1 aromatic rings. The molecule has 0 saturated carbocycles. The molecule has 2 nitrogen and oxygen atoms in total. The summed E-state index contributed by atoms with van der Waals surface area (Å²) < 4.78 is 12.0. The van der Waals surface area contributed by atoms with Crippen LogP contribution in [0.3, 0.4) is 0 Å². The van der Waals surface area contributed by atoms with Gasteiger partial charge in [-0.15, -0.1) is 5.10 Å². The van der Waals surface area contributed by atoms with Crippen molar-refractivity contribution in [3.05, 3.63) is 23.8 Å². The zero-order valence-electron chi connectivity index (χ0n) is 4.51. The number of aromatic nitrogens is 2. The molecule has 0 radical (unpaired) electrons. The van der Waals surface area contributed by atoms with E-state index >= 15 is 0 Å². The van der Waals surface area contributed by atoms with Crippen molar-refractivity contribution >= 4 is 15.9 Å². The van der Waals surface area contributed by atoms with Gasteiger partial charge in [-0.2, -0.15) is 9.49 Å².